The van der Waals surface area contributed by atoms with Crippen LogP contribution in [0.5, 0.6) is 0 Å². The van der Waals surface area contributed by atoms with Crippen molar-refractivity contribution in [2.24, 2.45) is 11.8 Å². The normalized spacial score (nSPS) is 26.2. The largest absolute Gasteiger partial charge is 0.478 e. The SMILES string of the molecule is O=C(O)C=C[C@H]1CCC[C@H](C=CC(=O)O)C1. The third kappa shape index (κ3) is 4.77. The van der Waals surface area contributed by atoms with Crippen molar-refractivity contribution in [3.8, 4) is 0 Å². The molecule has 1 saturated carbocycles. The number of carbonyl (C=O) groups is 2. The van der Waals surface area contributed by atoms with Gasteiger partial charge in [-0.25, -0.2) is 9.59 Å². The molecule has 1 fully saturated rings. The minimum atomic E-state index is -0.928. The van der Waals surface area contributed by atoms with Crippen LogP contribution in [0.4, 0.5) is 0 Å². The predicted molar refractivity (Wildman–Crippen MR) is 59.0 cm³/mol. The molecule has 4 nitrogen and oxygen atoms in total. The molecular formula is C12H16O4. The average Bonchev–Trinajstić information content (AvgIpc) is 2.24. The fraction of sp³-hybridized carbons (Fsp3) is 0.500. The molecule has 0 bridgehead atoms. The number of allylic oxidation sites excluding steroid dienone is 2. The van der Waals surface area contributed by atoms with Gasteiger partial charge in [0.1, 0.15) is 0 Å². The molecule has 0 aromatic heterocycles. The molecule has 2 atom stereocenters. The Kier molecular flexibility index (Phi) is 4.76. The van der Waals surface area contributed by atoms with Crippen LogP contribution in [-0.4, -0.2) is 22.2 Å². The van der Waals surface area contributed by atoms with Crippen LogP contribution >= 0.6 is 0 Å². The maximum Gasteiger partial charge on any atom is 0.327 e. The molecule has 0 aliphatic heterocycles. The minimum absolute atomic E-state index is 0.258. The summed E-state index contributed by atoms with van der Waals surface area (Å²) in [6.45, 7) is 0. The summed E-state index contributed by atoms with van der Waals surface area (Å²) in [4.78, 5) is 20.7. The van der Waals surface area contributed by atoms with E-state index >= 15 is 0 Å². The van der Waals surface area contributed by atoms with Crippen LogP contribution in [0.25, 0.3) is 0 Å². The molecule has 0 aromatic rings. The van der Waals surface area contributed by atoms with Crippen molar-refractivity contribution < 1.29 is 19.8 Å². The second-order valence-electron chi connectivity index (χ2n) is 4.08. The van der Waals surface area contributed by atoms with Crippen LogP contribution in [0.2, 0.25) is 0 Å². The molecule has 2 N–H and O–H groups in total. The Morgan fingerprint density at radius 2 is 1.38 bits per heavy atom. The third-order valence-corrected chi connectivity index (χ3v) is 2.78. The van der Waals surface area contributed by atoms with Crippen LogP contribution in [0.15, 0.2) is 24.3 Å². The summed E-state index contributed by atoms with van der Waals surface area (Å²) in [5, 5.41) is 17.0. The molecule has 0 amide bonds. The zero-order valence-electron chi connectivity index (χ0n) is 9.00. The Morgan fingerprint density at radius 3 is 1.75 bits per heavy atom. The quantitative estimate of drug-likeness (QED) is 0.717. The molecule has 0 aromatic carbocycles. The van der Waals surface area contributed by atoms with Crippen LogP contribution in [0.1, 0.15) is 25.7 Å². The van der Waals surface area contributed by atoms with E-state index in [0.717, 1.165) is 25.7 Å². The Labute approximate surface area is 94.3 Å². The molecule has 16 heavy (non-hydrogen) atoms. The number of hydrogen-bond acceptors (Lipinski definition) is 2. The van der Waals surface area contributed by atoms with Crippen LogP contribution in [-0.2, 0) is 9.59 Å². The Balaban J connectivity index is 2.47. The van der Waals surface area contributed by atoms with Gasteiger partial charge < -0.3 is 10.2 Å². The first-order chi connectivity index (χ1) is 7.58. The molecule has 1 rings (SSSR count). The van der Waals surface area contributed by atoms with Crippen molar-refractivity contribution in [2.45, 2.75) is 25.7 Å². The van der Waals surface area contributed by atoms with E-state index in [0.29, 0.717) is 0 Å². The summed E-state index contributed by atoms with van der Waals surface area (Å²) in [6.07, 6.45) is 9.60. The van der Waals surface area contributed by atoms with Gasteiger partial charge in [-0.15, -0.1) is 0 Å². The number of carboxylic acids is 2. The van der Waals surface area contributed by atoms with Crippen molar-refractivity contribution in [3.63, 3.8) is 0 Å². The lowest BCUT2D eigenvalue weighted by atomic mass is 9.81. The van der Waals surface area contributed by atoms with E-state index in [1.54, 1.807) is 12.2 Å². The van der Waals surface area contributed by atoms with E-state index in [4.69, 9.17) is 10.2 Å². The monoisotopic (exact) mass is 224 g/mol. The highest BCUT2D eigenvalue weighted by atomic mass is 16.4. The van der Waals surface area contributed by atoms with Crippen LogP contribution in [0.3, 0.4) is 0 Å². The average molecular weight is 224 g/mol. The Hall–Kier alpha value is -1.58. The summed E-state index contributed by atoms with van der Waals surface area (Å²) in [7, 11) is 0. The van der Waals surface area contributed by atoms with Gasteiger partial charge in [0.05, 0.1) is 0 Å². The zero-order valence-corrected chi connectivity index (χ0v) is 9.00. The molecule has 0 spiro atoms. The third-order valence-electron chi connectivity index (χ3n) is 2.78. The van der Waals surface area contributed by atoms with E-state index in [-0.39, 0.29) is 11.8 Å². The highest BCUT2D eigenvalue weighted by Crippen LogP contribution is 2.30. The Bertz CT molecular complexity index is 287. The van der Waals surface area contributed by atoms with Crippen molar-refractivity contribution >= 4 is 11.9 Å². The topological polar surface area (TPSA) is 74.6 Å². The predicted octanol–water partition coefficient (Wildman–Crippen LogP) is 2.07. The molecule has 0 saturated heterocycles. The molecule has 0 heterocycles. The second-order valence-corrected chi connectivity index (χ2v) is 4.08. The van der Waals surface area contributed by atoms with E-state index < -0.39 is 11.9 Å². The fourth-order valence-electron chi connectivity index (χ4n) is 2.05. The van der Waals surface area contributed by atoms with Gasteiger partial charge in [0.25, 0.3) is 0 Å². The van der Waals surface area contributed by atoms with Gasteiger partial charge in [0.15, 0.2) is 0 Å². The van der Waals surface area contributed by atoms with E-state index in [9.17, 15) is 9.59 Å². The first kappa shape index (κ1) is 12.5. The first-order valence-electron chi connectivity index (χ1n) is 5.40. The van der Waals surface area contributed by atoms with E-state index in [2.05, 4.69) is 0 Å². The van der Waals surface area contributed by atoms with Crippen molar-refractivity contribution in [1.29, 1.82) is 0 Å². The van der Waals surface area contributed by atoms with Crippen molar-refractivity contribution in [3.05, 3.63) is 24.3 Å². The standard InChI is InChI=1S/C12H16O4/c13-11(14)6-4-9-2-1-3-10(8-9)5-7-12(15)16/h4-7,9-10H,1-3,8H2,(H,13,14)(H,15,16)/t9-,10-/m1/s1. The second kappa shape index (κ2) is 6.10. The number of carboxylic acid groups (broad SMARTS) is 2. The number of aliphatic carboxylic acids is 2. The van der Waals surface area contributed by atoms with Gasteiger partial charge in [0.2, 0.25) is 0 Å². The maximum absolute atomic E-state index is 10.4. The molecule has 1 aliphatic carbocycles. The van der Waals surface area contributed by atoms with Gasteiger partial charge in [-0.2, -0.15) is 0 Å². The molecule has 0 radical (unpaired) electrons. The zero-order chi connectivity index (χ0) is 12.0. The summed E-state index contributed by atoms with van der Waals surface area (Å²) in [5.41, 5.74) is 0. The highest BCUT2D eigenvalue weighted by Gasteiger charge is 2.18. The van der Waals surface area contributed by atoms with Gasteiger partial charge in [-0.1, -0.05) is 18.6 Å². The molecule has 88 valence electrons. The smallest absolute Gasteiger partial charge is 0.327 e. The summed E-state index contributed by atoms with van der Waals surface area (Å²) in [5.74, 6) is -1.34. The lowest BCUT2D eigenvalue weighted by Crippen LogP contribution is -2.12. The van der Waals surface area contributed by atoms with Gasteiger partial charge >= 0.3 is 11.9 Å². The molecule has 1 aliphatic rings. The van der Waals surface area contributed by atoms with Crippen molar-refractivity contribution in [2.75, 3.05) is 0 Å². The molecule has 0 unspecified atom stereocenters. The molecular weight excluding hydrogens is 208 g/mol. The first-order valence-corrected chi connectivity index (χ1v) is 5.40. The summed E-state index contributed by atoms with van der Waals surface area (Å²) >= 11 is 0. The summed E-state index contributed by atoms with van der Waals surface area (Å²) in [6, 6.07) is 0. The molecule has 4 heteroatoms. The summed E-state index contributed by atoms with van der Waals surface area (Å²) < 4.78 is 0. The van der Waals surface area contributed by atoms with E-state index in [1.807, 2.05) is 0 Å². The van der Waals surface area contributed by atoms with E-state index in [1.165, 1.54) is 12.2 Å². The fourth-order valence-corrected chi connectivity index (χ4v) is 2.05. The minimum Gasteiger partial charge on any atom is -0.478 e. The lowest BCUT2D eigenvalue weighted by molar-refractivity contribution is -0.132. The number of rotatable bonds is 4. The Morgan fingerprint density at radius 1 is 0.938 bits per heavy atom. The van der Waals surface area contributed by atoms with Crippen LogP contribution in [0, 0.1) is 11.8 Å². The highest BCUT2D eigenvalue weighted by molar-refractivity contribution is 5.80. The van der Waals surface area contributed by atoms with Gasteiger partial charge in [-0.05, 0) is 31.1 Å². The van der Waals surface area contributed by atoms with Crippen LogP contribution < -0.4 is 0 Å². The number of hydrogen-bond donors (Lipinski definition) is 2. The van der Waals surface area contributed by atoms with Crippen molar-refractivity contribution in [1.82, 2.24) is 0 Å². The lowest BCUT2D eigenvalue weighted by Gasteiger charge is -2.24. The maximum atomic E-state index is 10.4. The van der Waals surface area contributed by atoms with Gasteiger partial charge in [-0.3, -0.25) is 0 Å². The van der Waals surface area contributed by atoms with Gasteiger partial charge in [0, 0.05) is 12.2 Å².